The van der Waals surface area contributed by atoms with Crippen LogP contribution in [-0.2, 0) is 11.3 Å². The molecule has 20 heavy (non-hydrogen) atoms. The van der Waals surface area contributed by atoms with Gasteiger partial charge < -0.3 is 4.74 Å². The minimum atomic E-state index is 0.0112. The highest BCUT2D eigenvalue weighted by Crippen LogP contribution is 2.33. The Morgan fingerprint density at radius 1 is 1.45 bits per heavy atom. The molecule has 1 aliphatic rings. The molecule has 5 nitrogen and oxygen atoms in total. The first-order chi connectivity index (χ1) is 9.81. The van der Waals surface area contributed by atoms with Crippen LogP contribution in [0.2, 0.25) is 0 Å². The summed E-state index contributed by atoms with van der Waals surface area (Å²) < 4.78 is 7.86. The van der Waals surface area contributed by atoms with Crippen molar-refractivity contribution in [1.29, 1.82) is 0 Å². The first kappa shape index (κ1) is 15.5. The van der Waals surface area contributed by atoms with E-state index >= 15 is 0 Å². The third kappa shape index (κ3) is 3.40. The topological polar surface area (TPSA) is 65.1 Å². The summed E-state index contributed by atoms with van der Waals surface area (Å²) >= 11 is 0. The highest BCUT2D eigenvalue weighted by molar-refractivity contribution is 5.10. The Labute approximate surface area is 121 Å². The highest BCUT2D eigenvalue weighted by Gasteiger charge is 2.32. The number of methoxy groups -OCH3 is 1. The fourth-order valence-corrected chi connectivity index (χ4v) is 3.42. The average Bonchev–Trinajstić information content (AvgIpc) is 2.94. The molecule has 1 fully saturated rings. The molecule has 5 heteroatoms. The molecule has 0 aliphatic heterocycles. The van der Waals surface area contributed by atoms with Crippen molar-refractivity contribution >= 4 is 0 Å². The quantitative estimate of drug-likeness (QED) is 0.594. The second-order valence-electron chi connectivity index (χ2n) is 5.72. The standard InChI is InChI=1S/C15H28N4O/c1-3-11-19-13(9-10-17-19)14(18-16)15(20-2)12-7-5-4-6-8-12/h9-10,12,14-15,18H,3-8,11,16H2,1-2H3. The molecular weight excluding hydrogens is 252 g/mol. The molecule has 0 aromatic carbocycles. The van der Waals surface area contributed by atoms with Crippen LogP contribution in [0.25, 0.3) is 0 Å². The van der Waals surface area contributed by atoms with Crippen molar-refractivity contribution in [2.75, 3.05) is 7.11 Å². The molecule has 0 bridgehead atoms. The van der Waals surface area contributed by atoms with Crippen LogP contribution in [0, 0.1) is 5.92 Å². The lowest BCUT2D eigenvalue weighted by Crippen LogP contribution is -2.43. The van der Waals surface area contributed by atoms with Crippen LogP contribution in [0.1, 0.15) is 57.2 Å². The lowest BCUT2D eigenvalue weighted by Gasteiger charge is -2.34. The van der Waals surface area contributed by atoms with Gasteiger partial charge in [0.15, 0.2) is 0 Å². The van der Waals surface area contributed by atoms with Gasteiger partial charge in [0.25, 0.3) is 0 Å². The summed E-state index contributed by atoms with van der Waals surface area (Å²) in [6.45, 7) is 3.08. The largest absolute Gasteiger partial charge is 0.379 e. The number of aryl methyl sites for hydroxylation is 1. The molecule has 3 N–H and O–H groups in total. The lowest BCUT2D eigenvalue weighted by atomic mass is 9.82. The van der Waals surface area contributed by atoms with E-state index in [4.69, 9.17) is 10.6 Å². The van der Waals surface area contributed by atoms with E-state index in [9.17, 15) is 0 Å². The van der Waals surface area contributed by atoms with Crippen LogP contribution >= 0.6 is 0 Å². The zero-order chi connectivity index (χ0) is 14.4. The lowest BCUT2D eigenvalue weighted by molar-refractivity contribution is 0.00529. The average molecular weight is 280 g/mol. The van der Waals surface area contributed by atoms with Crippen molar-refractivity contribution in [3.05, 3.63) is 18.0 Å². The van der Waals surface area contributed by atoms with E-state index in [1.165, 1.54) is 32.1 Å². The van der Waals surface area contributed by atoms with Crippen LogP contribution < -0.4 is 11.3 Å². The summed E-state index contributed by atoms with van der Waals surface area (Å²) in [5, 5.41) is 4.40. The van der Waals surface area contributed by atoms with Gasteiger partial charge in [0.2, 0.25) is 0 Å². The van der Waals surface area contributed by atoms with Crippen molar-refractivity contribution < 1.29 is 4.74 Å². The van der Waals surface area contributed by atoms with E-state index in [1.54, 1.807) is 7.11 Å². The van der Waals surface area contributed by atoms with Crippen LogP contribution in [-0.4, -0.2) is 23.0 Å². The maximum atomic E-state index is 5.84. The summed E-state index contributed by atoms with van der Waals surface area (Å²) in [5.41, 5.74) is 4.10. The molecule has 114 valence electrons. The summed E-state index contributed by atoms with van der Waals surface area (Å²) in [6, 6.07) is 2.06. The molecule has 2 unspecified atom stereocenters. The maximum absolute atomic E-state index is 5.84. The van der Waals surface area contributed by atoms with E-state index in [1.807, 2.05) is 10.9 Å². The smallest absolute Gasteiger partial charge is 0.0892 e. The number of nitrogens with two attached hydrogens (primary N) is 1. The Bertz CT molecular complexity index is 387. The molecule has 1 aromatic rings. The van der Waals surface area contributed by atoms with Gasteiger partial charge in [0.05, 0.1) is 17.8 Å². The van der Waals surface area contributed by atoms with Gasteiger partial charge in [-0.1, -0.05) is 26.2 Å². The minimum Gasteiger partial charge on any atom is -0.379 e. The fraction of sp³-hybridized carbons (Fsp3) is 0.800. The van der Waals surface area contributed by atoms with Crippen molar-refractivity contribution in [2.45, 2.75) is 64.1 Å². The van der Waals surface area contributed by atoms with E-state index in [0.717, 1.165) is 18.7 Å². The van der Waals surface area contributed by atoms with Crippen LogP contribution in [0.15, 0.2) is 12.3 Å². The summed E-state index contributed by atoms with van der Waals surface area (Å²) in [4.78, 5) is 0. The number of nitrogens with one attached hydrogen (secondary N) is 1. The van der Waals surface area contributed by atoms with Crippen LogP contribution in [0.5, 0.6) is 0 Å². The third-order valence-electron chi connectivity index (χ3n) is 4.40. The Hall–Kier alpha value is -0.910. The number of hydrogen-bond acceptors (Lipinski definition) is 4. The normalized spacial score (nSPS) is 19.9. The number of aromatic nitrogens is 2. The van der Waals surface area contributed by atoms with Gasteiger partial charge >= 0.3 is 0 Å². The zero-order valence-electron chi connectivity index (χ0n) is 12.7. The molecule has 1 heterocycles. The van der Waals surface area contributed by atoms with E-state index in [2.05, 4.69) is 23.5 Å². The van der Waals surface area contributed by atoms with Gasteiger partial charge in [-0.25, -0.2) is 5.43 Å². The Balaban J connectivity index is 2.17. The third-order valence-corrected chi connectivity index (χ3v) is 4.40. The number of rotatable bonds is 7. The summed E-state index contributed by atoms with van der Waals surface area (Å²) in [7, 11) is 1.80. The van der Waals surface area contributed by atoms with Gasteiger partial charge in [-0.3, -0.25) is 10.5 Å². The number of hydrazine groups is 1. The first-order valence-corrected chi connectivity index (χ1v) is 7.82. The van der Waals surface area contributed by atoms with Gasteiger partial charge in [-0.05, 0) is 31.2 Å². The highest BCUT2D eigenvalue weighted by atomic mass is 16.5. The second kappa shape index (κ2) is 7.76. The molecule has 1 saturated carbocycles. The van der Waals surface area contributed by atoms with Crippen LogP contribution in [0.4, 0.5) is 0 Å². The van der Waals surface area contributed by atoms with Gasteiger partial charge in [0.1, 0.15) is 0 Å². The molecule has 1 aromatic heterocycles. The van der Waals surface area contributed by atoms with E-state index < -0.39 is 0 Å². The van der Waals surface area contributed by atoms with Crippen molar-refractivity contribution in [2.24, 2.45) is 11.8 Å². The maximum Gasteiger partial charge on any atom is 0.0892 e. The van der Waals surface area contributed by atoms with E-state index in [0.29, 0.717) is 5.92 Å². The number of ether oxygens (including phenoxy) is 1. The molecule has 2 rings (SSSR count). The van der Waals surface area contributed by atoms with E-state index in [-0.39, 0.29) is 12.1 Å². The monoisotopic (exact) mass is 280 g/mol. The Kier molecular flexibility index (Phi) is 6.01. The second-order valence-corrected chi connectivity index (χ2v) is 5.72. The summed E-state index contributed by atoms with van der Waals surface area (Å²) in [6.07, 6.45) is 9.45. The van der Waals surface area contributed by atoms with Gasteiger partial charge in [-0.15, -0.1) is 0 Å². The predicted octanol–water partition coefficient (Wildman–Crippen LogP) is 2.39. The summed E-state index contributed by atoms with van der Waals surface area (Å²) in [5.74, 6) is 6.42. The first-order valence-electron chi connectivity index (χ1n) is 7.82. The van der Waals surface area contributed by atoms with Crippen molar-refractivity contribution in [1.82, 2.24) is 15.2 Å². The molecule has 0 radical (unpaired) electrons. The Morgan fingerprint density at radius 3 is 2.80 bits per heavy atom. The molecule has 2 atom stereocenters. The SMILES string of the molecule is CCCn1nccc1C(NN)C(OC)C1CCCCC1. The van der Waals surface area contributed by atoms with Crippen molar-refractivity contribution in [3.8, 4) is 0 Å². The number of nitrogens with zero attached hydrogens (tertiary/aromatic N) is 2. The number of hydrogen-bond donors (Lipinski definition) is 2. The molecule has 0 amide bonds. The molecule has 0 spiro atoms. The fourth-order valence-electron chi connectivity index (χ4n) is 3.42. The molecule has 1 aliphatic carbocycles. The predicted molar refractivity (Wildman–Crippen MR) is 80.0 cm³/mol. The van der Waals surface area contributed by atoms with Crippen LogP contribution in [0.3, 0.4) is 0 Å². The minimum absolute atomic E-state index is 0.0112. The zero-order valence-corrected chi connectivity index (χ0v) is 12.7. The Morgan fingerprint density at radius 2 is 2.20 bits per heavy atom. The van der Waals surface area contributed by atoms with Crippen molar-refractivity contribution in [3.63, 3.8) is 0 Å². The molecule has 0 saturated heterocycles. The molecular formula is C15H28N4O. The van der Waals surface area contributed by atoms with Gasteiger partial charge in [-0.2, -0.15) is 5.10 Å². The van der Waals surface area contributed by atoms with Gasteiger partial charge in [0, 0.05) is 19.9 Å².